The van der Waals surface area contributed by atoms with Crippen molar-refractivity contribution in [2.24, 2.45) is 5.10 Å². The van der Waals surface area contributed by atoms with Crippen LogP contribution in [0, 0.1) is 4.77 Å². The molecule has 1 N–H and O–H groups in total. The minimum absolute atomic E-state index is 0.502. The number of hydrogen-bond donors (Lipinski definition) is 1. The van der Waals surface area contributed by atoms with E-state index in [2.05, 4.69) is 20.3 Å². The number of aryl methyl sites for hydroxylation is 1. The van der Waals surface area contributed by atoms with Gasteiger partial charge in [0.05, 0.1) is 6.21 Å². The van der Waals surface area contributed by atoms with Gasteiger partial charge in [-0.2, -0.15) is 14.9 Å². The summed E-state index contributed by atoms with van der Waals surface area (Å²) in [6, 6.07) is 3.75. The lowest BCUT2D eigenvalue weighted by Gasteiger charge is -1.96. The Kier molecular flexibility index (Phi) is 3.21. The number of aromatic nitrogens is 4. The maximum absolute atomic E-state index is 5.07. The Morgan fingerprint density at radius 2 is 2.25 bits per heavy atom. The van der Waals surface area contributed by atoms with Crippen LogP contribution in [0.15, 0.2) is 29.6 Å². The monoisotopic (exact) mass is 233 g/mol. The van der Waals surface area contributed by atoms with Crippen LogP contribution in [-0.2, 0) is 6.42 Å². The highest BCUT2D eigenvalue weighted by Crippen LogP contribution is 1.99. The van der Waals surface area contributed by atoms with E-state index < -0.39 is 0 Å². The Morgan fingerprint density at radius 1 is 1.50 bits per heavy atom. The van der Waals surface area contributed by atoms with Gasteiger partial charge >= 0.3 is 0 Å². The number of pyridine rings is 1. The molecule has 0 radical (unpaired) electrons. The van der Waals surface area contributed by atoms with Crippen LogP contribution in [0.4, 0.5) is 0 Å². The number of H-pyrrole nitrogens is 1. The Balaban J connectivity index is 2.30. The maximum atomic E-state index is 5.07. The molecule has 0 amide bonds. The molecule has 2 rings (SSSR count). The van der Waals surface area contributed by atoms with Gasteiger partial charge in [-0.3, -0.25) is 10.1 Å². The van der Waals surface area contributed by atoms with Gasteiger partial charge < -0.3 is 0 Å². The minimum atomic E-state index is 0.502. The first-order valence-corrected chi connectivity index (χ1v) is 5.32. The van der Waals surface area contributed by atoms with Gasteiger partial charge in [0, 0.05) is 18.8 Å². The fourth-order valence-electron chi connectivity index (χ4n) is 1.25. The van der Waals surface area contributed by atoms with Crippen LogP contribution in [0.2, 0.25) is 0 Å². The van der Waals surface area contributed by atoms with Gasteiger partial charge in [0.2, 0.25) is 4.77 Å². The summed E-state index contributed by atoms with van der Waals surface area (Å²) in [6.45, 7) is 2.00. The third kappa shape index (κ3) is 2.22. The molecule has 2 aromatic rings. The summed E-state index contributed by atoms with van der Waals surface area (Å²) in [7, 11) is 0. The Bertz CT molecular complexity index is 540. The number of rotatable bonds is 3. The van der Waals surface area contributed by atoms with Crippen molar-refractivity contribution in [3.8, 4) is 0 Å². The predicted octanol–water partition coefficient (Wildman–Crippen LogP) is 1.78. The molecule has 0 fully saturated rings. The van der Waals surface area contributed by atoms with E-state index in [0.717, 1.165) is 17.8 Å². The van der Waals surface area contributed by atoms with E-state index in [1.165, 1.54) is 0 Å². The van der Waals surface area contributed by atoms with E-state index >= 15 is 0 Å². The van der Waals surface area contributed by atoms with Gasteiger partial charge in [0.15, 0.2) is 5.82 Å². The van der Waals surface area contributed by atoms with Crippen LogP contribution < -0.4 is 0 Å². The molecule has 0 saturated heterocycles. The molecule has 2 aromatic heterocycles. The zero-order chi connectivity index (χ0) is 11.4. The summed E-state index contributed by atoms with van der Waals surface area (Å²) in [5.74, 6) is 0.815. The van der Waals surface area contributed by atoms with Gasteiger partial charge in [-0.25, -0.2) is 0 Å². The molecule has 16 heavy (non-hydrogen) atoms. The standard InChI is InChI=1S/C10H11N5S/c1-2-9-13-14-10(16)15(9)12-7-8-3-5-11-6-4-8/h3-7H,2H2,1H3,(H,14,16)/b12-7-. The van der Waals surface area contributed by atoms with E-state index in [1.54, 1.807) is 23.3 Å². The van der Waals surface area contributed by atoms with Crippen LogP contribution in [-0.4, -0.2) is 26.1 Å². The zero-order valence-electron chi connectivity index (χ0n) is 8.79. The molecule has 5 nitrogen and oxygen atoms in total. The van der Waals surface area contributed by atoms with Crippen LogP contribution in [0.3, 0.4) is 0 Å². The lowest BCUT2D eigenvalue weighted by Crippen LogP contribution is -1.97. The van der Waals surface area contributed by atoms with E-state index in [0.29, 0.717) is 4.77 Å². The molecule has 6 heteroatoms. The van der Waals surface area contributed by atoms with Gasteiger partial charge in [-0.05, 0) is 29.9 Å². The second-order valence-electron chi connectivity index (χ2n) is 3.14. The molecule has 0 aromatic carbocycles. The van der Waals surface area contributed by atoms with Crippen LogP contribution in [0.1, 0.15) is 18.3 Å². The number of nitrogens with one attached hydrogen (secondary N) is 1. The van der Waals surface area contributed by atoms with Crippen molar-refractivity contribution in [2.45, 2.75) is 13.3 Å². The Hall–Kier alpha value is -1.82. The lowest BCUT2D eigenvalue weighted by molar-refractivity contribution is 0.780. The van der Waals surface area contributed by atoms with Crippen molar-refractivity contribution in [1.82, 2.24) is 19.9 Å². The fraction of sp³-hybridized carbons (Fsp3) is 0.200. The molecule has 0 aliphatic carbocycles. The van der Waals surface area contributed by atoms with Crippen LogP contribution >= 0.6 is 12.2 Å². The zero-order valence-corrected chi connectivity index (χ0v) is 9.61. The first-order chi connectivity index (χ1) is 7.81. The highest BCUT2D eigenvalue weighted by atomic mass is 32.1. The topological polar surface area (TPSA) is 58.9 Å². The number of aromatic amines is 1. The van der Waals surface area contributed by atoms with E-state index in [1.807, 2.05) is 19.1 Å². The van der Waals surface area contributed by atoms with Crippen LogP contribution in [0.5, 0.6) is 0 Å². The second kappa shape index (κ2) is 4.80. The molecular formula is C10H11N5S. The third-order valence-electron chi connectivity index (χ3n) is 2.06. The summed E-state index contributed by atoms with van der Waals surface area (Å²) < 4.78 is 2.12. The molecule has 82 valence electrons. The molecule has 0 spiro atoms. The van der Waals surface area contributed by atoms with Gasteiger partial charge in [0.1, 0.15) is 0 Å². The smallest absolute Gasteiger partial charge is 0.216 e. The summed E-state index contributed by atoms with van der Waals surface area (Å²) >= 11 is 5.07. The minimum Gasteiger partial charge on any atom is -0.265 e. The first-order valence-electron chi connectivity index (χ1n) is 4.92. The predicted molar refractivity (Wildman–Crippen MR) is 64.0 cm³/mol. The summed E-state index contributed by atoms with van der Waals surface area (Å²) in [4.78, 5) is 3.93. The summed E-state index contributed by atoms with van der Waals surface area (Å²) in [5.41, 5.74) is 0.972. The average molecular weight is 233 g/mol. The lowest BCUT2D eigenvalue weighted by atomic mass is 10.3. The second-order valence-corrected chi connectivity index (χ2v) is 3.52. The van der Waals surface area contributed by atoms with Crippen molar-refractivity contribution in [2.75, 3.05) is 0 Å². The molecule has 0 bridgehead atoms. The highest BCUT2D eigenvalue weighted by molar-refractivity contribution is 7.71. The molecule has 0 unspecified atom stereocenters. The van der Waals surface area contributed by atoms with Gasteiger partial charge in [0.25, 0.3) is 0 Å². The molecule has 2 heterocycles. The fourth-order valence-corrected chi connectivity index (χ4v) is 1.44. The normalized spacial score (nSPS) is 11.1. The molecule has 0 saturated carbocycles. The quantitative estimate of drug-likeness (QED) is 0.649. The van der Waals surface area contributed by atoms with E-state index in [-0.39, 0.29) is 0 Å². The Morgan fingerprint density at radius 3 is 2.94 bits per heavy atom. The summed E-state index contributed by atoms with van der Waals surface area (Å²) in [5, 5.41) is 11.1. The van der Waals surface area contributed by atoms with E-state index in [4.69, 9.17) is 12.2 Å². The van der Waals surface area contributed by atoms with Gasteiger partial charge in [-0.1, -0.05) is 6.92 Å². The third-order valence-corrected chi connectivity index (χ3v) is 2.33. The van der Waals surface area contributed by atoms with Crippen molar-refractivity contribution >= 4 is 18.4 Å². The average Bonchev–Trinajstić information content (AvgIpc) is 2.69. The van der Waals surface area contributed by atoms with Crippen molar-refractivity contribution < 1.29 is 0 Å². The highest BCUT2D eigenvalue weighted by Gasteiger charge is 2.00. The largest absolute Gasteiger partial charge is 0.265 e. The van der Waals surface area contributed by atoms with Crippen molar-refractivity contribution in [3.05, 3.63) is 40.7 Å². The molecular weight excluding hydrogens is 222 g/mol. The molecule has 0 atom stereocenters. The first kappa shape index (κ1) is 10.7. The van der Waals surface area contributed by atoms with Crippen molar-refractivity contribution in [3.63, 3.8) is 0 Å². The maximum Gasteiger partial charge on any atom is 0.216 e. The SMILES string of the molecule is CCc1n[nH]c(=S)n1/N=C\c1ccncc1. The van der Waals surface area contributed by atoms with Crippen molar-refractivity contribution in [1.29, 1.82) is 0 Å². The summed E-state index contributed by atoms with van der Waals surface area (Å²) in [6.07, 6.45) is 5.94. The Labute approximate surface area is 97.9 Å². The molecule has 0 aliphatic heterocycles. The molecule has 0 aliphatic rings. The number of hydrogen-bond acceptors (Lipinski definition) is 4. The number of nitrogens with zero attached hydrogens (tertiary/aromatic N) is 4. The van der Waals surface area contributed by atoms with Crippen LogP contribution in [0.25, 0.3) is 0 Å². The van der Waals surface area contributed by atoms with Gasteiger partial charge in [-0.15, -0.1) is 0 Å². The van der Waals surface area contributed by atoms with E-state index in [9.17, 15) is 0 Å².